The van der Waals surface area contributed by atoms with Crippen molar-refractivity contribution >= 4 is 84.0 Å². The number of anilines is 2. The van der Waals surface area contributed by atoms with Crippen LogP contribution in [0.3, 0.4) is 0 Å². The third-order valence-corrected chi connectivity index (χ3v) is 9.17. The molecule has 316 valence electrons. The van der Waals surface area contributed by atoms with Crippen LogP contribution < -0.4 is 32.2 Å². The highest BCUT2D eigenvalue weighted by atomic mass is 35.5. The number of imidazole rings is 1. The molecule has 1 saturated heterocycles. The van der Waals surface area contributed by atoms with E-state index in [4.69, 9.17) is 26.7 Å². The Balaban J connectivity index is 0.00000387. The number of carbonyl (C=O) groups is 4. The van der Waals surface area contributed by atoms with E-state index in [-0.39, 0.29) is 112 Å². The molecule has 3 heterocycles. The number of halogens is 5. The summed E-state index contributed by atoms with van der Waals surface area (Å²) < 4.78 is 35.8. The number of methoxy groups -OCH3 is 1. The minimum Gasteiger partial charge on any atom is -0.494 e. The molecule has 0 radical (unpaired) electrons. The number of fused-ring (bicyclic) bond motifs is 1. The normalized spacial score (nSPS) is 13.2. The van der Waals surface area contributed by atoms with E-state index in [9.17, 15) is 28.0 Å². The van der Waals surface area contributed by atoms with E-state index >= 15 is 0 Å². The second-order valence-electron chi connectivity index (χ2n) is 12.9. The smallest absolute Gasteiger partial charge is 0.303 e. The van der Waals surface area contributed by atoms with Crippen LogP contribution in [0.1, 0.15) is 41.6 Å². The number of aryl methyl sites for hydroxylation is 1. The number of nitrogens with two attached hydrogens (primary N) is 2. The number of carboxylic acids is 1. The van der Waals surface area contributed by atoms with Crippen LogP contribution in [-0.4, -0.2) is 111 Å². The Kier molecular flexibility index (Phi) is 18.3. The highest BCUT2D eigenvalue weighted by Gasteiger charge is 2.31. The number of piperazine rings is 1. The Morgan fingerprint density at radius 2 is 1.69 bits per heavy atom. The van der Waals surface area contributed by atoms with Crippen molar-refractivity contribution in [2.24, 2.45) is 11.5 Å². The maximum Gasteiger partial charge on any atom is 0.303 e. The summed E-state index contributed by atoms with van der Waals surface area (Å²) >= 11 is 0. The standard InChI is InChI=1S/C36H43F2N11O6.3ClH/c1-20-18-21(45-31-32-44-19-26(49(32)13-12-42-31)23-7-9-27(55-2)30(38)29(23)37)5-6-22(20)34(53)47-14-16-48(17-15-47)35(54)25(4-3-11-43-36(40)41)46-33(52)24(39)8-10-28(50)51;;;/h5-7,9,12-13,18-19,24-25H,3-4,8,10-11,14-17,39H2,1-2H3,(H,42,45)(H,46,52)(H,50,51)(H4,40,41,43);3*1H/t24-,25-;;;/m0.../s1. The lowest BCUT2D eigenvalue weighted by molar-refractivity contribution is -0.139. The summed E-state index contributed by atoms with van der Waals surface area (Å²) in [5.41, 5.74) is 13.6. The molecule has 1 aliphatic heterocycles. The molecule has 58 heavy (non-hydrogen) atoms. The lowest BCUT2D eigenvalue weighted by Gasteiger charge is -2.37. The van der Waals surface area contributed by atoms with Crippen LogP contribution in [0.4, 0.5) is 20.3 Å². The fraction of sp³-hybridized carbons (Fsp3) is 0.361. The number of aliphatic carboxylic acids is 1. The third-order valence-electron chi connectivity index (χ3n) is 9.17. The van der Waals surface area contributed by atoms with Crippen LogP contribution in [0.15, 0.2) is 48.9 Å². The first kappa shape index (κ1) is 48.6. The molecule has 0 bridgehead atoms. The topological polar surface area (TPSA) is 246 Å². The first-order valence-electron chi connectivity index (χ1n) is 17.4. The molecule has 3 amide bonds. The monoisotopic (exact) mass is 871 g/mol. The van der Waals surface area contributed by atoms with Gasteiger partial charge in [-0.2, -0.15) is 4.39 Å². The Morgan fingerprint density at radius 3 is 2.33 bits per heavy atom. The summed E-state index contributed by atoms with van der Waals surface area (Å²) in [4.78, 5) is 62.8. The van der Waals surface area contributed by atoms with E-state index < -0.39 is 35.6 Å². The molecule has 2 aromatic carbocycles. The number of aromatic nitrogens is 3. The summed E-state index contributed by atoms with van der Waals surface area (Å²) in [6.07, 6.45) is 4.69. The van der Waals surface area contributed by atoms with Crippen molar-refractivity contribution in [2.75, 3.05) is 45.2 Å². The SMILES string of the molecule is COc1ccc(-c2cnc3c(Nc4ccc(C(=O)N5CCN(C(=O)[C@H](CCCNC(=N)N)NC(=O)[C@@H](N)CCC(=O)O)CC5)c(C)c4)nccn23)c(F)c1F.Cl.Cl.Cl. The van der Waals surface area contributed by atoms with Crippen molar-refractivity contribution in [3.63, 3.8) is 0 Å². The number of carbonyl (C=O) groups excluding carboxylic acids is 3. The largest absolute Gasteiger partial charge is 0.494 e. The van der Waals surface area contributed by atoms with Gasteiger partial charge >= 0.3 is 5.97 Å². The van der Waals surface area contributed by atoms with Gasteiger partial charge in [-0.1, -0.05) is 0 Å². The molecular formula is C36H46Cl3F2N11O6. The number of amides is 3. The van der Waals surface area contributed by atoms with E-state index in [1.54, 1.807) is 45.5 Å². The number of ether oxygens (including phenoxy) is 1. The summed E-state index contributed by atoms with van der Waals surface area (Å²) in [6.45, 7) is 2.97. The van der Waals surface area contributed by atoms with Gasteiger partial charge in [0, 0.05) is 68.4 Å². The molecule has 5 rings (SSSR count). The van der Waals surface area contributed by atoms with Gasteiger partial charge in [-0.15, -0.1) is 37.2 Å². The fourth-order valence-electron chi connectivity index (χ4n) is 6.21. The van der Waals surface area contributed by atoms with Gasteiger partial charge in [0.25, 0.3) is 5.91 Å². The van der Waals surface area contributed by atoms with E-state index in [2.05, 4.69) is 25.9 Å². The minimum atomic E-state index is -1.12. The Hall–Kier alpha value is -5.50. The molecule has 17 nitrogen and oxygen atoms in total. The lowest BCUT2D eigenvalue weighted by atomic mass is 10.1. The Morgan fingerprint density at radius 1 is 1.00 bits per heavy atom. The second-order valence-corrected chi connectivity index (χ2v) is 12.9. The van der Waals surface area contributed by atoms with Crippen LogP contribution in [0.25, 0.3) is 16.9 Å². The van der Waals surface area contributed by atoms with Gasteiger partial charge in [-0.3, -0.25) is 29.0 Å². The number of nitrogens with one attached hydrogen (secondary N) is 4. The first-order valence-corrected chi connectivity index (χ1v) is 17.4. The molecule has 4 aromatic rings. The third kappa shape index (κ3) is 11.6. The number of nitrogens with zero attached hydrogens (tertiary/aromatic N) is 5. The molecule has 1 aliphatic rings. The summed E-state index contributed by atoms with van der Waals surface area (Å²) in [5.74, 6) is -4.63. The Bertz CT molecular complexity index is 2100. The summed E-state index contributed by atoms with van der Waals surface area (Å²) in [5, 5.41) is 24.8. The molecular weight excluding hydrogens is 827 g/mol. The summed E-state index contributed by atoms with van der Waals surface area (Å²) in [6, 6.07) is 5.83. The van der Waals surface area contributed by atoms with Gasteiger partial charge in [0.15, 0.2) is 29.0 Å². The number of hydrogen-bond donors (Lipinski definition) is 7. The lowest BCUT2D eigenvalue weighted by Crippen LogP contribution is -2.57. The minimum absolute atomic E-state index is 0. The van der Waals surface area contributed by atoms with Crippen molar-refractivity contribution in [3.05, 3.63) is 71.7 Å². The second kappa shape index (κ2) is 21.9. The number of guanidine groups is 1. The zero-order chi connectivity index (χ0) is 39.8. The van der Waals surface area contributed by atoms with Gasteiger partial charge in [-0.05, 0) is 62.1 Å². The molecule has 0 spiro atoms. The van der Waals surface area contributed by atoms with Crippen molar-refractivity contribution < 1.29 is 37.8 Å². The molecule has 0 saturated carbocycles. The van der Waals surface area contributed by atoms with Crippen molar-refractivity contribution in [2.45, 2.75) is 44.7 Å². The molecule has 1 fully saturated rings. The van der Waals surface area contributed by atoms with E-state index in [0.717, 1.165) is 0 Å². The predicted octanol–water partition coefficient (Wildman–Crippen LogP) is 3.23. The number of rotatable bonds is 15. The maximum absolute atomic E-state index is 14.9. The van der Waals surface area contributed by atoms with Crippen LogP contribution in [-0.2, 0) is 14.4 Å². The van der Waals surface area contributed by atoms with Gasteiger partial charge in [0.05, 0.1) is 25.0 Å². The molecule has 9 N–H and O–H groups in total. The number of benzene rings is 2. The van der Waals surface area contributed by atoms with Gasteiger partial charge < -0.3 is 47.1 Å². The van der Waals surface area contributed by atoms with Crippen LogP contribution >= 0.6 is 37.2 Å². The quantitative estimate of drug-likeness (QED) is 0.0517. The van der Waals surface area contributed by atoms with Crippen molar-refractivity contribution in [3.8, 4) is 17.0 Å². The highest BCUT2D eigenvalue weighted by molar-refractivity contribution is 5.96. The van der Waals surface area contributed by atoms with E-state index in [1.165, 1.54) is 31.6 Å². The molecule has 0 unspecified atom stereocenters. The van der Waals surface area contributed by atoms with Gasteiger partial charge in [-0.25, -0.2) is 14.4 Å². The number of hydrogen-bond acceptors (Lipinski definition) is 10. The zero-order valence-electron chi connectivity index (χ0n) is 31.5. The van der Waals surface area contributed by atoms with Crippen LogP contribution in [0, 0.1) is 24.0 Å². The summed E-state index contributed by atoms with van der Waals surface area (Å²) in [7, 11) is 1.25. The number of carboxylic acid groups (broad SMARTS) is 1. The van der Waals surface area contributed by atoms with Gasteiger partial charge in [0.2, 0.25) is 17.6 Å². The van der Waals surface area contributed by atoms with Crippen LogP contribution in [0.2, 0.25) is 0 Å². The average molecular weight is 873 g/mol. The molecule has 22 heteroatoms. The fourth-order valence-corrected chi connectivity index (χ4v) is 6.21. The van der Waals surface area contributed by atoms with E-state index in [1.807, 2.05) is 0 Å². The van der Waals surface area contributed by atoms with Crippen LogP contribution in [0.5, 0.6) is 5.75 Å². The predicted molar refractivity (Wildman–Crippen MR) is 220 cm³/mol. The zero-order valence-corrected chi connectivity index (χ0v) is 33.9. The molecule has 2 aromatic heterocycles. The van der Waals surface area contributed by atoms with Crippen molar-refractivity contribution in [1.29, 1.82) is 5.41 Å². The Labute approximate surface area is 351 Å². The van der Waals surface area contributed by atoms with E-state index in [0.29, 0.717) is 46.9 Å². The molecule has 2 atom stereocenters. The average Bonchev–Trinajstić information content (AvgIpc) is 3.60. The molecule has 0 aliphatic carbocycles. The van der Waals surface area contributed by atoms with Crippen molar-refractivity contribution in [1.82, 2.24) is 34.8 Å². The first-order chi connectivity index (χ1) is 26.3. The highest BCUT2D eigenvalue weighted by Crippen LogP contribution is 2.32. The maximum atomic E-state index is 14.9. The van der Waals surface area contributed by atoms with Gasteiger partial charge in [0.1, 0.15) is 6.04 Å².